The molecular weight excluding hydrogens is 216 g/mol. The molecule has 2 amide bonds. The molecule has 1 aromatic carbocycles. The van der Waals surface area contributed by atoms with E-state index < -0.39 is 5.41 Å². The number of rotatable bonds is 2. The first kappa shape index (κ1) is 11.6. The van der Waals surface area contributed by atoms with Crippen LogP contribution in [-0.4, -0.2) is 18.4 Å². The molecule has 1 aromatic rings. The summed E-state index contributed by atoms with van der Waals surface area (Å²) >= 11 is 0. The number of amides is 2. The Balaban J connectivity index is 2.09. The van der Waals surface area contributed by atoms with Crippen LogP contribution in [0.3, 0.4) is 0 Å². The van der Waals surface area contributed by atoms with Gasteiger partial charge in [0.05, 0.1) is 5.41 Å². The zero-order valence-corrected chi connectivity index (χ0v) is 10.0. The number of aryl methyl sites for hydroxylation is 1. The van der Waals surface area contributed by atoms with Crippen LogP contribution in [0.25, 0.3) is 0 Å². The molecule has 2 N–H and O–H groups in total. The van der Waals surface area contributed by atoms with E-state index in [2.05, 4.69) is 10.6 Å². The van der Waals surface area contributed by atoms with Gasteiger partial charge in [0.25, 0.3) is 0 Å². The van der Waals surface area contributed by atoms with Gasteiger partial charge < -0.3 is 10.6 Å². The molecule has 4 heteroatoms. The summed E-state index contributed by atoms with van der Waals surface area (Å²) in [6, 6.07) is 7.62. The molecular formula is C13H16N2O2. The van der Waals surface area contributed by atoms with Gasteiger partial charge in [-0.3, -0.25) is 9.59 Å². The maximum absolute atomic E-state index is 12.1. The zero-order valence-electron chi connectivity index (χ0n) is 10.0. The van der Waals surface area contributed by atoms with E-state index in [1.54, 1.807) is 6.92 Å². The Morgan fingerprint density at radius 2 is 2.24 bits per heavy atom. The van der Waals surface area contributed by atoms with Gasteiger partial charge in [-0.15, -0.1) is 0 Å². The van der Waals surface area contributed by atoms with Crippen LogP contribution in [-0.2, 0) is 9.59 Å². The van der Waals surface area contributed by atoms with Crippen LogP contribution in [0.1, 0.15) is 18.9 Å². The van der Waals surface area contributed by atoms with Gasteiger partial charge in [-0.25, -0.2) is 0 Å². The van der Waals surface area contributed by atoms with Crippen molar-refractivity contribution in [2.45, 2.75) is 20.3 Å². The lowest BCUT2D eigenvalue weighted by molar-refractivity contribution is -0.126. The van der Waals surface area contributed by atoms with Crippen molar-refractivity contribution in [2.75, 3.05) is 11.9 Å². The summed E-state index contributed by atoms with van der Waals surface area (Å²) in [7, 11) is 0. The minimum Gasteiger partial charge on any atom is -0.355 e. The molecule has 1 aliphatic rings. The SMILES string of the molecule is Cc1cccc(NC(=O)C2(C)CNC(=O)C2)c1. The molecule has 0 bridgehead atoms. The van der Waals surface area contributed by atoms with Crippen LogP contribution in [0.4, 0.5) is 5.69 Å². The third-order valence-electron chi connectivity index (χ3n) is 3.05. The maximum Gasteiger partial charge on any atom is 0.232 e. The predicted molar refractivity (Wildman–Crippen MR) is 65.5 cm³/mol. The molecule has 1 atom stereocenters. The largest absolute Gasteiger partial charge is 0.355 e. The minimum atomic E-state index is -0.638. The second kappa shape index (κ2) is 4.20. The molecule has 90 valence electrons. The molecule has 0 aliphatic carbocycles. The summed E-state index contributed by atoms with van der Waals surface area (Å²) in [5.41, 5.74) is 1.23. The highest BCUT2D eigenvalue weighted by Crippen LogP contribution is 2.27. The summed E-state index contributed by atoms with van der Waals surface area (Å²) in [6.45, 7) is 4.18. The van der Waals surface area contributed by atoms with Crippen molar-refractivity contribution < 1.29 is 9.59 Å². The van der Waals surface area contributed by atoms with Gasteiger partial charge in [-0.2, -0.15) is 0 Å². The first-order chi connectivity index (χ1) is 7.99. The smallest absolute Gasteiger partial charge is 0.232 e. The fourth-order valence-electron chi connectivity index (χ4n) is 1.94. The fourth-order valence-corrected chi connectivity index (χ4v) is 1.94. The lowest BCUT2D eigenvalue weighted by atomic mass is 9.88. The average Bonchev–Trinajstić information content (AvgIpc) is 2.60. The van der Waals surface area contributed by atoms with E-state index in [0.717, 1.165) is 11.3 Å². The summed E-state index contributed by atoms with van der Waals surface area (Å²) in [6.07, 6.45) is 0.255. The number of benzene rings is 1. The third kappa shape index (κ3) is 2.46. The highest BCUT2D eigenvalue weighted by Gasteiger charge is 2.40. The Morgan fingerprint density at radius 1 is 1.47 bits per heavy atom. The molecule has 4 nitrogen and oxygen atoms in total. The monoisotopic (exact) mass is 232 g/mol. The number of anilines is 1. The number of carbonyl (C=O) groups excluding carboxylic acids is 2. The summed E-state index contributed by atoms with van der Waals surface area (Å²) < 4.78 is 0. The van der Waals surface area contributed by atoms with E-state index in [1.165, 1.54) is 0 Å². The van der Waals surface area contributed by atoms with Crippen molar-refractivity contribution in [2.24, 2.45) is 5.41 Å². The third-order valence-corrected chi connectivity index (χ3v) is 3.05. The topological polar surface area (TPSA) is 58.2 Å². The number of nitrogens with one attached hydrogen (secondary N) is 2. The maximum atomic E-state index is 12.1. The fraction of sp³-hybridized carbons (Fsp3) is 0.385. The summed E-state index contributed by atoms with van der Waals surface area (Å²) in [4.78, 5) is 23.3. The highest BCUT2D eigenvalue weighted by molar-refractivity contribution is 5.99. The van der Waals surface area contributed by atoms with Gasteiger partial charge in [-0.05, 0) is 31.5 Å². The Labute approximate surface area is 100 Å². The second-order valence-electron chi connectivity index (χ2n) is 4.84. The summed E-state index contributed by atoms with van der Waals surface area (Å²) in [5.74, 6) is -0.173. The van der Waals surface area contributed by atoms with E-state index in [1.807, 2.05) is 31.2 Å². The molecule has 1 heterocycles. The zero-order chi connectivity index (χ0) is 12.5. The Hall–Kier alpha value is -1.84. The highest BCUT2D eigenvalue weighted by atomic mass is 16.2. The van der Waals surface area contributed by atoms with Crippen molar-refractivity contribution in [1.82, 2.24) is 5.32 Å². The van der Waals surface area contributed by atoms with Crippen molar-refractivity contribution in [3.63, 3.8) is 0 Å². The molecule has 0 saturated carbocycles. The molecule has 1 unspecified atom stereocenters. The Kier molecular flexibility index (Phi) is 2.88. The van der Waals surface area contributed by atoms with Crippen molar-refractivity contribution in [3.05, 3.63) is 29.8 Å². The van der Waals surface area contributed by atoms with E-state index in [9.17, 15) is 9.59 Å². The minimum absolute atomic E-state index is 0.0631. The van der Waals surface area contributed by atoms with Gasteiger partial charge in [-0.1, -0.05) is 12.1 Å². The van der Waals surface area contributed by atoms with E-state index in [-0.39, 0.29) is 18.2 Å². The van der Waals surface area contributed by atoms with Crippen LogP contribution in [0.15, 0.2) is 24.3 Å². The number of hydrogen-bond donors (Lipinski definition) is 2. The van der Waals surface area contributed by atoms with Crippen LogP contribution < -0.4 is 10.6 Å². The Bertz CT molecular complexity index is 470. The van der Waals surface area contributed by atoms with Crippen LogP contribution in [0.5, 0.6) is 0 Å². The van der Waals surface area contributed by atoms with Crippen molar-refractivity contribution >= 4 is 17.5 Å². The average molecular weight is 232 g/mol. The Morgan fingerprint density at radius 3 is 2.82 bits per heavy atom. The van der Waals surface area contributed by atoms with E-state index in [0.29, 0.717) is 6.54 Å². The van der Waals surface area contributed by atoms with Crippen LogP contribution in [0.2, 0.25) is 0 Å². The molecule has 17 heavy (non-hydrogen) atoms. The number of carbonyl (C=O) groups is 2. The molecule has 1 saturated heterocycles. The normalized spacial score (nSPS) is 23.3. The van der Waals surface area contributed by atoms with E-state index in [4.69, 9.17) is 0 Å². The van der Waals surface area contributed by atoms with Gasteiger partial charge in [0.15, 0.2) is 0 Å². The van der Waals surface area contributed by atoms with Crippen LogP contribution >= 0.6 is 0 Å². The lowest BCUT2D eigenvalue weighted by Crippen LogP contribution is -2.35. The standard InChI is InChI=1S/C13H16N2O2/c1-9-4-3-5-10(6-9)15-12(17)13(2)7-11(16)14-8-13/h3-6H,7-8H2,1-2H3,(H,14,16)(H,15,17). The van der Waals surface area contributed by atoms with Gasteiger partial charge >= 0.3 is 0 Å². The first-order valence-corrected chi connectivity index (χ1v) is 5.64. The van der Waals surface area contributed by atoms with E-state index >= 15 is 0 Å². The molecule has 1 aliphatic heterocycles. The first-order valence-electron chi connectivity index (χ1n) is 5.64. The molecule has 1 fully saturated rings. The second-order valence-corrected chi connectivity index (χ2v) is 4.84. The predicted octanol–water partition coefficient (Wildman–Crippen LogP) is 1.46. The van der Waals surface area contributed by atoms with Gasteiger partial charge in [0.2, 0.25) is 11.8 Å². The molecule has 2 rings (SSSR count). The molecule has 0 aromatic heterocycles. The lowest BCUT2D eigenvalue weighted by Gasteiger charge is -2.20. The molecule has 0 spiro atoms. The van der Waals surface area contributed by atoms with Crippen LogP contribution in [0, 0.1) is 12.3 Å². The summed E-state index contributed by atoms with van der Waals surface area (Å²) in [5, 5.41) is 5.54. The van der Waals surface area contributed by atoms with Crippen molar-refractivity contribution in [3.8, 4) is 0 Å². The van der Waals surface area contributed by atoms with Crippen molar-refractivity contribution in [1.29, 1.82) is 0 Å². The quantitative estimate of drug-likeness (QED) is 0.811. The molecule has 0 radical (unpaired) electrons. The van der Waals surface area contributed by atoms with Gasteiger partial charge in [0.1, 0.15) is 0 Å². The number of hydrogen-bond acceptors (Lipinski definition) is 2. The van der Waals surface area contributed by atoms with Gasteiger partial charge in [0, 0.05) is 18.7 Å².